The normalized spacial score (nSPS) is 13.5. The highest BCUT2D eigenvalue weighted by Crippen LogP contribution is 2.32. The molecule has 0 radical (unpaired) electrons. The van der Waals surface area contributed by atoms with Crippen molar-refractivity contribution in [3.05, 3.63) is 21.3 Å². The van der Waals surface area contributed by atoms with Gasteiger partial charge in [-0.2, -0.15) is 0 Å². The van der Waals surface area contributed by atoms with Gasteiger partial charge in [-0.05, 0) is 30.3 Å². The standard InChI is InChI=1S/C11H18ClNS/c1-4-13-10(7-8(2)3)11-9(12)5-6-14-11/h5-6,8,10,13H,4,7H2,1-3H3. The van der Waals surface area contributed by atoms with Crippen LogP contribution in [0.1, 0.15) is 38.1 Å². The van der Waals surface area contributed by atoms with Crippen molar-refractivity contribution in [2.75, 3.05) is 6.54 Å². The number of hydrogen-bond acceptors (Lipinski definition) is 2. The van der Waals surface area contributed by atoms with Gasteiger partial charge >= 0.3 is 0 Å². The van der Waals surface area contributed by atoms with Gasteiger partial charge in [-0.3, -0.25) is 0 Å². The van der Waals surface area contributed by atoms with Gasteiger partial charge in [-0.15, -0.1) is 11.3 Å². The molecule has 1 unspecified atom stereocenters. The Bertz CT molecular complexity index is 270. The van der Waals surface area contributed by atoms with Crippen molar-refractivity contribution in [3.63, 3.8) is 0 Å². The summed E-state index contributed by atoms with van der Waals surface area (Å²) >= 11 is 7.87. The number of hydrogen-bond donors (Lipinski definition) is 1. The van der Waals surface area contributed by atoms with E-state index in [1.165, 1.54) is 4.88 Å². The summed E-state index contributed by atoms with van der Waals surface area (Å²) in [6, 6.07) is 2.40. The minimum absolute atomic E-state index is 0.424. The van der Waals surface area contributed by atoms with Crippen LogP contribution in [0.5, 0.6) is 0 Å². The van der Waals surface area contributed by atoms with E-state index >= 15 is 0 Å². The third-order valence-corrected chi connectivity index (χ3v) is 3.59. The van der Waals surface area contributed by atoms with Crippen LogP contribution in [0.25, 0.3) is 0 Å². The van der Waals surface area contributed by atoms with E-state index in [1.807, 2.05) is 6.07 Å². The Hall–Kier alpha value is -0.0500. The molecule has 0 aliphatic carbocycles. The molecule has 1 aromatic heterocycles. The van der Waals surface area contributed by atoms with Crippen molar-refractivity contribution in [1.82, 2.24) is 5.32 Å². The monoisotopic (exact) mass is 231 g/mol. The molecular weight excluding hydrogens is 214 g/mol. The van der Waals surface area contributed by atoms with Gasteiger partial charge in [-0.1, -0.05) is 32.4 Å². The molecule has 1 nitrogen and oxygen atoms in total. The van der Waals surface area contributed by atoms with Crippen molar-refractivity contribution >= 4 is 22.9 Å². The Morgan fingerprint density at radius 1 is 1.50 bits per heavy atom. The highest BCUT2D eigenvalue weighted by atomic mass is 35.5. The molecule has 0 amide bonds. The Morgan fingerprint density at radius 3 is 2.64 bits per heavy atom. The molecule has 0 aliphatic heterocycles. The zero-order valence-corrected chi connectivity index (χ0v) is 10.6. The van der Waals surface area contributed by atoms with Crippen LogP contribution >= 0.6 is 22.9 Å². The van der Waals surface area contributed by atoms with Crippen LogP contribution < -0.4 is 5.32 Å². The summed E-state index contributed by atoms with van der Waals surface area (Å²) in [6.45, 7) is 7.61. The zero-order valence-electron chi connectivity index (χ0n) is 9.01. The molecule has 0 fully saturated rings. The highest BCUT2D eigenvalue weighted by Gasteiger charge is 2.16. The predicted molar refractivity (Wildman–Crippen MR) is 65.2 cm³/mol. The fourth-order valence-electron chi connectivity index (χ4n) is 1.55. The van der Waals surface area contributed by atoms with Gasteiger partial charge in [0.1, 0.15) is 0 Å². The lowest BCUT2D eigenvalue weighted by Crippen LogP contribution is -2.21. The minimum Gasteiger partial charge on any atom is -0.309 e. The fourth-order valence-corrected chi connectivity index (χ4v) is 2.83. The van der Waals surface area contributed by atoms with Crippen molar-refractivity contribution in [2.45, 2.75) is 33.2 Å². The molecular formula is C11H18ClNS. The van der Waals surface area contributed by atoms with Gasteiger partial charge in [0.2, 0.25) is 0 Å². The lowest BCUT2D eigenvalue weighted by Gasteiger charge is -2.19. The van der Waals surface area contributed by atoms with E-state index in [0.717, 1.165) is 18.0 Å². The van der Waals surface area contributed by atoms with Gasteiger partial charge in [0.25, 0.3) is 0 Å². The van der Waals surface area contributed by atoms with E-state index in [1.54, 1.807) is 11.3 Å². The van der Waals surface area contributed by atoms with Crippen LogP contribution in [0.2, 0.25) is 5.02 Å². The molecule has 1 heterocycles. The summed E-state index contributed by atoms with van der Waals surface area (Å²) in [6.07, 6.45) is 1.15. The first-order valence-corrected chi connectivity index (χ1v) is 6.37. The summed E-state index contributed by atoms with van der Waals surface area (Å²) in [5, 5.41) is 6.45. The molecule has 0 spiro atoms. The van der Waals surface area contributed by atoms with E-state index in [9.17, 15) is 0 Å². The van der Waals surface area contributed by atoms with E-state index in [0.29, 0.717) is 12.0 Å². The second kappa shape index (κ2) is 5.74. The Morgan fingerprint density at radius 2 is 2.21 bits per heavy atom. The fraction of sp³-hybridized carbons (Fsp3) is 0.636. The van der Waals surface area contributed by atoms with Gasteiger partial charge in [0.05, 0.1) is 5.02 Å². The van der Waals surface area contributed by atoms with E-state index in [4.69, 9.17) is 11.6 Å². The maximum atomic E-state index is 6.12. The van der Waals surface area contributed by atoms with Crippen LogP contribution in [-0.2, 0) is 0 Å². The zero-order chi connectivity index (χ0) is 10.6. The second-order valence-electron chi connectivity index (χ2n) is 3.87. The molecule has 80 valence electrons. The molecule has 1 rings (SSSR count). The first-order chi connectivity index (χ1) is 6.65. The van der Waals surface area contributed by atoms with Gasteiger partial charge < -0.3 is 5.32 Å². The highest BCUT2D eigenvalue weighted by molar-refractivity contribution is 7.10. The molecule has 1 aromatic rings. The smallest absolute Gasteiger partial charge is 0.0561 e. The molecule has 1 N–H and O–H groups in total. The lowest BCUT2D eigenvalue weighted by atomic mass is 10.0. The first kappa shape index (κ1) is 12.0. The maximum Gasteiger partial charge on any atom is 0.0561 e. The predicted octanol–water partition coefficient (Wildman–Crippen LogP) is 4.10. The van der Waals surface area contributed by atoms with E-state index in [2.05, 4.69) is 31.5 Å². The molecule has 0 saturated carbocycles. The lowest BCUT2D eigenvalue weighted by molar-refractivity contribution is 0.444. The summed E-state index contributed by atoms with van der Waals surface area (Å²) in [4.78, 5) is 1.28. The van der Waals surface area contributed by atoms with Crippen LogP contribution in [0.15, 0.2) is 11.4 Å². The minimum atomic E-state index is 0.424. The molecule has 3 heteroatoms. The molecule has 14 heavy (non-hydrogen) atoms. The average Bonchev–Trinajstić information content (AvgIpc) is 2.50. The van der Waals surface area contributed by atoms with Crippen LogP contribution in [0.3, 0.4) is 0 Å². The number of halogens is 1. The van der Waals surface area contributed by atoms with Gasteiger partial charge in [0.15, 0.2) is 0 Å². The van der Waals surface area contributed by atoms with Crippen molar-refractivity contribution in [3.8, 4) is 0 Å². The third kappa shape index (κ3) is 3.26. The van der Waals surface area contributed by atoms with Crippen LogP contribution in [-0.4, -0.2) is 6.54 Å². The van der Waals surface area contributed by atoms with E-state index in [-0.39, 0.29) is 0 Å². The van der Waals surface area contributed by atoms with Crippen molar-refractivity contribution < 1.29 is 0 Å². The summed E-state index contributed by atoms with van der Waals surface area (Å²) in [7, 11) is 0. The Labute approximate surface area is 95.5 Å². The maximum absolute atomic E-state index is 6.12. The number of rotatable bonds is 5. The topological polar surface area (TPSA) is 12.0 Å². The van der Waals surface area contributed by atoms with Crippen molar-refractivity contribution in [2.24, 2.45) is 5.92 Å². The van der Waals surface area contributed by atoms with E-state index < -0.39 is 0 Å². The molecule has 0 aliphatic rings. The second-order valence-corrected chi connectivity index (χ2v) is 5.23. The SMILES string of the molecule is CCNC(CC(C)C)c1sccc1Cl. The first-order valence-electron chi connectivity index (χ1n) is 5.11. The number of nitrogens with one attached hydrogen (secondary N) is 1. The molecule has 1 atom stereocenters. The Balaban J connectivity index is 2.72. The summed E-state index contributed by atoms with van der Waals surface area (Å²) < 4.78 is 0. The molecule has 0 bridgehead atoms. The van der Waals surface area contributed by atoms with Crippen LogP contribution in [0, 0.1) is 5.92 Å². The quantitative estimate of drug-likeness (QED) is 0.805. The molecule has 0 aromatic carbocycles. The average molecular weight is 232 g/mol. The van der Waals surface area contributed by atoms with Gasteiger partial charge in [0, 0.05) is 10.9 Å². The largest absolute Gasteiger partial charge is 0.309 e. The van der Waals surface area contributed by atoms with Gasteiger partial charge in [-0.25, -0.2) is 0 Å². The Kier molecular flexibility index (Phi) is 4.93. The molecule has 0 saturated heterocycles. The van der Waals surface area contributed by atoms with Crippen LogP contribution in [0.4, 0.5) is 0 Å². The summed E-state index contributed by atoms with van der Waals surface area (Å²) in [5.74, 6) is 0.692. The summed E-state index contributed by atoms with van der Waals surface area (Å²) in [5.41, 5.74) is 0. The number of thiophene rings is 1. The third-order valence-electron chi connectivity index (χ3n) is 2.12. The van der Waals surface area contributed by atoms with Crippen molar-refractivity contribution in [1.29, 1.82) is 0 Å².